The molecule has 6 nitrogen and oxygen atoms in total. The van der Waals surface area contributed by atoms with Crippen LogP contribution in [0.5, 0.6) is 0 Å². The molecule has 1 aromatic carbocycles. The van der Waals surface area contributed by atoms with Gasteiger partial charge in [0.25, 0.3) is 5.91 Å². The Morgan fingerprint density at radius 3 is 2.76 bits per heavy atom. The van der Waals surface area contributed by atoms with Gasteiger partial charge in [0.05, 0.1) is 24.5 Å². The van der Waals surface area contributed by atoms with Crippen LogP contribution in [0.2, 0.25) is 0 Å². The molecule has 1 amide bonds. The summed E-state index contributed by atoms with van der Waals surface area (Å²) >= 11 is 0. The first-order chi connectivity index (χ1) is 12.2. The SMILES string of the molecule is Cc1cnn(-c2ccc(C(=O)N3CCC[C@@H]3Cn3cccn3)cc2)c1. The minimum atomic E-state index is 0.0952. The lowest BCUT2D eigenvalue weighted by molar-refractivity contribution is 0.0721. The van der Waals surface area contributed by atoms with Gasteiger partial charge in [-0.3, -0.25) is 9.48 Å². The Morgan fingerprint density at radius 2 is 2.08 bits per heavy atom. The molecular weight excluding hydrogens is 314 g/mol. The van der Waals surface area contributed by atoms with E-state index in [2.05, 4.69) is 10.2 Å². The lowest BCUT2D eigenvalue weighted by Gasteiger charge is -2.25. The zero-order chi connectivity index (χ0) is 17.2. The molecule has 0 unspecified atom stereocenters. The number of rotatable bonds is 4. The number of benzene rings is 1. The van der Waals surface area contributed by atoms with Crippen molar-refractivity contribution in [1.29, 1.82) is 0 Å². The van der Waals surface area contributed by atoms with Crippen molar-refractivity contribution in [3.8, 4) is 5.69 Å². The molecule has 2 aromatic heterocycles. The maximum atomic E-state index is 12.9. The summed E-state index contributed by atoms with van der Waals surface area (Å²) in [6.45, 7) is 3.57. The van der Waals surface area contributed by atoms with Crippen LogP contribution < -0.4 is 0 Å². The Balaban J connectivity index is 1.49. The summed E-state index contributed by atoms with van der Waals surface area (Å²) in [6.07, 6.45) is 9.58. The summed E-state index contributed by atoms with van der Waals surface area (Å²) in [6, 6.07) is 9.78. The van der Waals surface area contributed by atoms with Gasteiger partial charge in [0.15, 0.2) is 0 Å². The molecule has 3 heterocycles. The first-order valence-electron chi connectivity index (χ1n) is 8.61. The van der Waals surface area contributed by atoms with Crippen LogP contribution in [0.3, 0.4) is 0 Å². The third-order valence-corrected chi connectivity index (χ3v) is 4.69. The van der Waals surface area contributed by atoms with Gasteiger partial charge in [0.1, 0.15) is 0 Å². The van der Waals surface area contributed by atoms with E-state index in [0.29, 0.717) is 0 Å². The molecule has 3 aromatic rings. The number of carbonyl (C=O) groups excluding carboxylic acids is 1. The number of likely N-dealkylation sites (tertiary alicyclic amines) is 1. The van der Waals surface area contributed by atoms with Gasteiger partial charge < -0.3 is 4.90 Å². The van der Waals surface area contributed by atoms with Crippen molar-refractivity contribution < 1.29 is 4.79 Å². The Kier molecular flexibility index (Phi) is 4.09. The number of aromatic nitrogens is 4. The third kappa shape index (κ3) is 3.20. The van der Waals surface area contributed by atoms with E-state index < -0.39 is 0 Å². The van der Waals surface area contributed by atoms with Crippen molar-refractivity contribution in [2.45, 2.75) is 32.4 Å². The second-order valence-electron chi connectivity index (χ2n) is 6.53. The van der Waals surface area contributed by atoms with Crippen LogP contribution in [0, 0.1) is 6.92 Å². The van der Waals surface area contributed by atoms with Gasteiger partial charge in [-0.15, -0.1) is 0 Å². The molecule has 6 heteroatoms. The fourth-order valence-electron chi connectivity index (χ4n) is 3.39. The van der Waals surface area contributed by atoms with Crippen molar-refractivity contribution in [2.24, 2.45) is 0 Å². The Hall–Kier alpha value is -2.89. The van der Waals surface area contributed by atoms with E-state index in [1.807, 2.05) is 70.1 Å². The second kappa shape index (κ2) is 6.55. The minimum Gasteiger partial charge on any atom is -0.334 e. The fraction of sp³-hybridized carbons (Fsp3) is 0.316. The number of aryl methyl sites for hydroxylation is 1. The Morgan fingerprint density at radius 1 is 1.24 bits per heavy atom. The van der Waals surface area contributed by atoms with Gasteiger partial charge in [-0.05, 0) is 55.7 Å². The van der Waals surface area contributed by atoms with Gasteiger partial charge in [0.2, 0.25) is 0 Å². The fourth-order valence-corrected chi connectivity index (χ4v) is 3.39. The predicted octanol–water partition coefficient (Wildman–Crippen LogP) is 2.68. The number of hydrogen-bond acceptors (Lipinski definition) is 3. The van der Waals surface area contributed by atoms with Gasteiger partial charge >= 0.3 is 0 Å². The molecule has 0 spiro atoms. The van der Waals surface area contributed by atoms with E-state index in [-0.39, 0.29) is 11.9 Å². The Labute approximate surface area is 146 Å². The maximum absolute atomic E-state index is 12.9. The first kappa shape index (κ1) is 15.6. The van der Waals surface area contributed by atoms with E-state index in [0.717, 1.165) is 42.7 Å². The molecule has 1 atom stereocenters. The third-order valence-electron chi connectivity index (χ3n) is 4.69. The van der Waals surface area contributed by atoms with Gasteiger partial charge in [0, 0.05) is 30.7 Å². The summed E-state index contributed by atoms with van der Waals surface area (Å²) in [5, 5.41) is 8.57. The molecular formula is C19H21N5O. The number of hydrogen-bond donors (Lipinski definition) is 0. The highest BCUT2D eigenvalue weighted by molar-refractivity contribution is 5.94. The predicted molar refractivity (Wildman–Crippen MR) is 94.6 cm³/mol. The number of nitrogens with zero attached hydrogens (tertiary/aromatic N) is 5. The van der Waals surface area contributed by atoms with Crippen LogP contribution in [0.25, 0.3) is 5.69 Å². The summed E-state index contributed by atoms with van der Waals surface area (Å²) in [5.41, 5.74) is 2.79. The van der Waals surface area contributed by atoms with Crippen LogP contribution in [0.15, 0.2) is 55.1 Å². The van der Waals surface area contributed by atoms with Crippen molar-refractivity contribution in [1.82, 2.24) is 24.5 Å². The standard InChI is InChI=1S/C19H21N5O/c1-15-12-21-24(13-15)17-7-5-16(6-8-17)19(25)23-11-2-4-18(23)14-22-10-3-9-20-22/h3,5-10,12-13,18H,2,4,11,14H2,1H3/t18-/m1/s1. The number of amides is 1. The molecule has 4 rings (SSSR count). The van der Waals surface area contributed by atoms with Gasteiger partial charge in [-0.2, -0.15) is 10.2 Å². The lowest BCUT2D eigenvalue weighted by atomic mass is 10.1. The summed E-state index contributed by atoms with van der Waals surface area (Å²) in [7, 11) is 0. The van der Waals surface area contributed by atoms with Crippen molar-refractivity contribution in [2.75, 3.05) is 6.54 Å². The molecule has 0 radical (unpaired) electrons. The first-order valence-corrected chi connectivity index (χ1v) is 8.61. The normalized spacial score (nSPS) is 17.2. The number of carbonyl (C=O) groups is 1. The quantitative estimate of drug-likeness (QED) is 0.736. The van der Waals surface area contributed by atoms with Crippen molar-refractivity contribution in [3.63, 3.8) is 0 Å². The van der Waals surface area contributed by atoms with Crippen LogP contribution in [0.4, 0.5) is 0 Å². The molecule has 1 saturated heterocycles. The molecule has 1 aliphatic rings. The highest BCUT2D eigenvalue weighted by Gasteiger charge is 2.29. The highest BCUT2D eigenvalue weighted by Crippen LogP contribution is 2.22. The van der Waals surface area contributed by atoms with Crippen LogP contribution in [0.1, 0.15) is 28.8 Å². The second-order valence-corrected chi connectivity index (χ2v) is 6.53. The van der Waals surface area contributed by atoms with Crippen LogP contribution >= 0.6 is 0 Å². The molecule has 1 fully saturated rings. The summed E-state index contributed by atoms with van der Waals surface area (Å²) in [5.74, 6) is 0.0952. The largest absolute Gasteiger partial charge is 0.334 e. The molecule has 0 bridgehead atoms. The molecule has 25 heavy (non-hydrogen) atoms. The molecule has 0 aliphatic carbocycles. The van der Waals surface area contributed by atoms with Crippen LogP contribution in [-0.4, -0.2) is 43.0 Å². The molecule has 0 saturated carbocycles. The van der Waals surface area contributed by atoms with Crippen molar-refractivity contribution in [3.05, 3.63) is 66.2 Å². The minimum absolute atomic E-state index is 0.0952. The smallest absolute Gasteiger partial charge is 0.254 e. The van der Waals surface area contributed by atoms with Gasteiger partial charge in [-0.1, -0.05) is 0 Å². The highest BCUT2D eigenvalue weighted by atomic mass is 16.2. The van der Waals surface area contributed by atoms with E-state index >= 15 is 0 Å². The summed E-state index contributed by atoms with van der Waals surface area (Å²) in [4.78, 5) is 14.9. The van der Waals surface area contributed by atoms with Crippen molar-refractivity contribution >= 4 is 5.91 Å². The Bertz CT molecular complexity index is 850. The van der Waals surface area contributed by atoms with E-state index in [1.54, 1.807) is 6.20 Å². The molecule has 128 valence electrons. The monoisotopic (exact) mass is 335 g/mol. The topological polar surface area (TPSA) is 56.0 Å². The maximum Gasteiger partial charge on any atom is 0.254 e. The molecule has 0 N–H and O–H groups in total. The van der Waals surface area contributed by atoms with Crippen LogP contribution in [-0.2, 0) is 6.54 Å². The lowest BCUT2D eigenvalue weighted by Crippen LogP contribution is -2.38. The molecule has 1 aliphatic heterocycles. The van der Waals surface area contributed by atoms with E-state index in [1.165, 1.54) is 0 Å². The summed E-state index contributed by atoms with van der Waals surface area (Å²) < 4.78 is 3.72. The van der Waals surface area contributed by atoms with Gasteiger partial charge in [-0.25, -0.2) is 4.68 Å². The average molecular weight is 335 g/mol. The van der Waals surface area contributed by atoms with E-state index in [9.17, 15) is 4.79 Å². The van der Waals surface area contributed by atoms with E-state index in [4.69, 9.17) is 0 Å². The zero-order valence-electron chi connectivity index (χ0n) is 14.2. The zero-order valence-corrected chi connectivity index (χ0v) is 14.2. The average Bonchev–Trinajstić information content (AvgIpc) is 3.37.